The standard InChI is InChI=1S/C25H23N5O2S/c1-29(2)17-9-12-21-19(14-17)23(30(3)22-6-5-13-33-22)20(15-26)24(27-21)28-25(31)16-7-10-18(32-4)11-8-16/h5-14H,1-4H3,(H,27,28,31). The number of nitriles is 1. The Bertz CT molecular complexity index is 1340. The maximum Gasteiger partial charge on any atom is 0.256 e. The molecule has 1 N–H and O–H groups in total. The van der Waals surface area contributed by atoms with Crippen molar-refractivity contribution in [3.63, 3.8) is 0 Å². The molecule has 166 valence electrons. The minimum absolute atomic E-state index is 0.224. The van der Waals surface area contributed by atoms with Crippen LogP contribution in [0.2, 0.25) is 0 Å². The number of methoxy groups -OCH3 is 1. The van der Waals surface area contributed by atoms with Gasteiger partial charge in [-0.3, -0.25) is 4.79 Å². The number of carbonyl (C=O) groups is 1. The molecule has 0 atom stereocenters. The van der Waals surface area contributed by atoms with Gasteiger partial charge in [-0.25, -0.2) is 4.98 Å². The van der Waals surface area contributed by atoms with Crippen molar-refractivity contribution in [2.45, 2.75) is 0 Å². The third-order valence-corrected chi connectivity index (χ3v) is 6.27. The normalized spacial score (nSPS) is 10.5. The Kier molecular flexibility index (Phi) is 6.16. The van der Waals surface area contributed by atoms with Crippen molar-refractivity contribution in [2.75, 3.05) is 43.4 Å². The van der Waals surface area contributed by atoms with Gasteiger partial charge in [0.05, 0.1) is 23.3 Å². The number of carbonyl (C=O) groups excluding carboxylic acids is 1. The largest absolute Gasteiger partial charge is 0.497 e. The maximum absolute atomic E-state index is 13.0. The van der Waals surface area contributed by atoms with E-state index in [1.165, 1.54) is 0 Å². The highest BCUT2D eigenvalue weighted by Crippen LogP contribution is 2.39. The van der Waals surface area contributed by atoms with Gasteiger partial charge in [0.15, 0.2) is 5.82 Å². The van der Waals surface area contributed by atoms with Gasteiger partial charge in [-0.05, 0) is 60.0 Å². The second-order valence-corrected chi connectivity index (χ2v) is 8.51. The minimum atomic E-state index is -0.351. The van der Waals surface area contributed by atoms with Crippen LogP contribution in [0.1, 0.15) is 15.9 Å². The lowest BCUT2D eigenvalue weighted by Gasteiger charge is -2.23. The average Bonchev–Trinajstić information content (AvgIpc) is 3.37. The van der Waals surface area contributed by atoms with Crippen LogP contribution in [0.5, 0.6) is 5.75 Å². The number of anilines is 4. The first-order valence-electron chi connectivity index (χ1n) is 10.2. The molecule has 4 aromatic rings. The molecule has 1 amide bonds. The van der Waals surface area contributed by atoms with Crippen molar-refractivity contribution in [2.24, 2.45) is 0 Å². The van der Waals surface area contributed by atoms with E-state index in [0.29, 0.717) is 28.1 Å². The lowest BCUT2D eigenvalue weighted by Crippen LogP contribution is -2.17. The van der Waals surface area contributed by atoms with E-state index in [1.54, 1.807) is 42.7 Å². The van der Waals surface area contributed by atoms with Crippen molar-refractivity contribution in [1.82, 2.24) is 4.98 Å². The first-order chi connectivity index (χ1) is 15.9. The van der Waals surface area contributed by atoms with Crippen LogP contribution in [0, 0.1) is 11.3 Å². The number of pyridine rings is 1. The molecule has 4 rings (SSSR count). The molecule has 2 aromatic heterocycles. The van der Waals surface area contributed by atoms with Crippen molar-refractivity contribution < 1.29 is 9.53 Å². The van der Waals surface area contributed by atoms with Crippen molar-refractivity contribution in [3.8, 4) is 11.8 Å². The molecule has 0 aliphatic carbocycles. The predicted molar refractivity (Wildman–Crippen MR) is 134 cm³/mol. The molecule has 33 heavy (non-hydrogen) atoms. The Hall–Kier alpha value is -4.09. The van der Waals surface area contributed by atoms with E-state index in [1.807, 2.05) is 66.7 Å². The summed E-state index contributed by atoms with van der Waals surface area (Å²) in [5.41, 5.74) is 3.11. The number of thiophene rings is 1. The van der Waals surface area contributed by atoms with Crippen molar-refractivity contribution >= 4 is 50.3 Å². The van der Waals surface area contributed by atoms with Crippen LogP contribution in [0.25, 0.3) is 10.9 Å². The summed E-state index contributed by atoms with van der Waals surface area (Å²) >= 11 is 1.57. The summed E-state index contributed by atoms with van der Waals surface area (Å²) in [5.74, 6) is 0.530. The van der Waals surface area contributed by atoms with Gasteiger partial charge in [-0.1, -0.05) is 0 Å². The Labute approximate surface area is 196 Å². The molecule has 0 bridgehead atoms. The van der Waals surface area contributed by atoms with Crippen LogP contribution < -0.4 is 19.9 Å². The highest BCUT2D eigenvalue weighted by Gasteiger charge is 2.22. The Morgan fingerprint density at radius 1 is 1.12 bits per heavy atom. The van der Waals surface area contributed by atoms with Crippen LogP contribution in [0.4, 0.5) is 22.2 Å². The van der Waals surface area contributed by atoms with E-state index in [4.69, 9.17) is 4.74 Å². The third kappa shape index (κ3) is 4.31. The summed E-state index contributed by atoms with van der Waals surface area (Å²) in [4.78, 5) is 21.6. The van der Waals surface area contributed by atoms with Gasteiger partial charge in [-0.2, -0.15) is 5.26 Å². The number of benzene rings is 2. The molecule has 7 nitrogen and oxygen atoms in total. The van der Waals surface area contributed by atoms with E-state index >= 15 is 0 Å². The molecule has 0 spiro atoms. The van der Waals surface area contributed by atoms with E-state index in [9.17, 15) is 10.1 Å². The molecule has 0 aliphatic rings. The van der Waals surface area contributed by atoms with Gasteiger partial charge in [0, 0.05) is 37.8 Å². The highest BCUT2D eigenvalue weighted by molar-refractivity contribution is 7.14. The summed E-state index contributed by atoms with van der Waals surface area (Å²) in [6, 6.07) is 18.9. The smallest absolute Gasteiger partial charge is 0.256 e. The summed E-state index contributed by atoms with van der Waals surface area (Å²) in [7, 11) is 7.41. The molecule has 0 saturated heterocycles. The first kappa shape index (κ1) is 22.1. The number of amides is 1. The van der Waals surface area contributed by atoms with Crippen LogP contribution in [-0.4, -0.2) is 39.1 Å². The number of fused-ring (bicyclic) bond motifs is 1. The van der Waals surface area contributed by atoms with Gasteiger partial charge < -0.3 is 19.9 Å². The van der Waals surface area contributed by atoms with E-state index < -0.39 is 0 Å². The number of rotatable bonds is 6. The third-order valence-electron chi connectivity index (χ3n) is 5.33. The highest BCUT2D eigenvalue weighted by atomic mass is 32.1. The predicted octanol–water partition coefficient (Wildman–Crippen LogP) is 5.26. The van der Waals surface area contributed by atoms with Crippen molar-refractivity contribution in [1.29, 1.82) is 5.26 Å². The van der Waals surface area contributed by atoms with Crippen LogP contribution in [0.15, 0.2) is 60.0 Å². The minimum Gasteiger partial charge on any atom is -0.497 e. The molecule has 0 saturated carbocycles. The van der Waals surface area contributed by atoms with E-state index in [0.717, 1.165) is 16.1 Å². The Balaban J connectivity index is 1.87. The van der Waals surface area contributed by atoms with Gasteiger partial charge in [0.2, 0.25) is 0 Å². The van der Waals surface area contributed by atoms with Gasteiger partial charge in [0.1, 0.15) is 17.4 Å². The van der Waals surface area contributed by atoms with Gasteiger partial charge in [0.25, 0.3) is 5.91 Å². The lowest BCUT2D eigenvalue weighted by atomic mass is 10.1. The molecular weight excluding hydrogens is 434 g/mol. The summed E-state index contributed by atoms with van der Waals surface area (Å²) in [5, 5.41) is 16.8. The second-order valence-electron chi connectivity index (χ2n) is 7.58. The number of hydrogen-bond donors (Lipinski definition) is 1. The fraction of sp³-hybridized carbons (Fsp3) is 0.160. The number of nitrogens with zero attached hydrogens (tertiary/aromatic N) is 4. The van der Waals surface area contributed by atoms with Crippen LogP contribution in [-0.2, 0) is 0 Å². The lowest BCUT2D eigenvalue weighted by molar-refractivity contribution is 0.102. The number of ether oxygens (including phenoxy) is 1. The number of nitrogens with one attached hydrogen (secondary N) is 1. The first-order valence-corrected chi connectivity index (χ1v) is 11.1. The quantitative estimate of drug-likeness (QED) is 0.425. The molecule has 2 aromatic carbocycles. The fourth-order valence-corrected chi connectivity index (χ4v) is 4.25. The zero-order valence-corrected chi connectivity index (χ0v) is 19.6. The monoisotopic (exact) mass is 457 g/mol. The van der Waals surface area contributed by atoms with Gasteiger partial charge >= 0.3 is 0 Å². The summed E-state index contributed by atoms with van der Waals surface area (Å²) in [6.07, 6.45) is 0. The van der Waals surface area contributed by atoms with E-state index in [-0.39, 0.29) is 11.7 Å². The van der Waals surface area contributed by atoms with Crippen LogP contribution in [0.3, 0.4) is 0 Å². The molecular formula is C25H23N5O2S. The summed E-state index contributed by atoms with van der Waals surface area (Å²) < 4.78 is 5.16. The SMILES string of the molecule is COc1ccc(C(=O)Nc2nc3ccc(N(C)C)cc3c(N(C)c3cccs3)c2C#N)cc1. The second kappa shape index (κ2) is 9.18. The fourth-order valence-electron chi connectivity index (χ4n) is 3.55. The zero-order valence-electron chi connectivity index (χ0n) is 18.8. The maximum atomic E-state index is 13.0. The molecule has 2 heterocycles. The van der Waals surface area contributed by atoms with Crippen LogP contribution >= 0.6 is 11.3 Å². The average molecular weight is 458 g/mol. The Morgan fingerprint density at radius 2 is 1.88 bits per heavy atom. The topological polar surface area (TPSA) is 81.5 Å². The zero-order chi connectivity index (χ0) is 23.5. The molecule has 0 fully saturated rings. The molecule has 0 aliphatic heterocycles. The molecule has 8 heteroatoms. The Morgan fingerprint density at radius 3 is 2.48 bits per heavy atom. The molecule has 0 unspecified atom stereocenters. The molecule has 0 radical (unpaired) electrons. The van der Waals surface area contributed by atoms with Gasteiger partial charge in [-0.15, -0.1) is 11.3 Å². The summed E-state index contributed by atoms with van der Waals surface area (Å²) in [6.45, 7) is 0. The number of hydrogen-bond acceptors (Lipinski definition) is 7. The van der Waals surface area contributed by atoms with Crippen molar-refractivity contribution in [3.05, 3.63) is 71.1 Å². The number of aromatic nitrogens is 1. The van der Waals surface area contributed by atoms with E-state index in [2.05, 4.69) is 16.4 Å².